The molecule has 1 aliphatic heterocycles. The third-order valence-corrected chi connectivity index (χ3v) is 8.00. The van der Waals surface area contributed by atoms with E-state index >= 15 is 0 Å². The van der Waals surface area contributed by atoms with E-state index in [4.69, 9.17) is 5.14 Å². The lowest BCUT2D eigenvalue weighted by Gasteiger charge is -2.31. The minimum Gasteiger partial charge on any atom is -0.295 e. The first-order chi connectivity index (χ1) is 15.4. The van der Waals surface area contributed by atoms with E-state index in [1.54, 1.807) is 12.1 Å². The second kappa shape index (κ2) is 10.1. The molecule has 12 heteroatoms. The lowest BCUT2D eigenvalue weighted by Crippen LogP contribution is -2.38. The van der Waals surface area contributed by atoms with Crippen LogP contribution in [0.25, 0.3) is 0 Å². The molecule has 0 aromatic heterocycles. The number of likely N-dealkylation sites (tertiary alicyclic amines) is 1. The number of nitrogens with zero attached hydrogens (tertiary/aromatic N) is 1. The molecule has 0 bridgehead atoms. The maximum Gasteiger partial charge on any atom is 0.416 e. The highest BCUT2D eigenvalue weighted by atomic mass is 32.2. The van der Waals surface area contributed by atoms with Crippen LogP contribution in [0.2, 0.25) is 0 Å². The third kappa shape index (κ3) is 6.76. The monoisotopic (exact) mass is 505 g/mol. The van der Waals surface area contributed by atoms with Gasteiger partial charge >= 0.3 is 6.18 Å². The topological polar surface area (TPSA) is 110 Å². The molecule has 0 radical (unpaired) electrons. The Balaban J connectivity index is 1.83. The summed E-state index contributed by atoms with van der Waals surface area (Å²) in [4.78, 5) is 1.81. The standard InChI is InChI=1S/C21H26F3N3O4S2/c22-21(23,24)17-7-11-19(12-8-17)33(30,31)26-15-20(27-13-3-1-2-4-14-27)16-5-9-18(10-6-16)32(25,28)29/h5-12,20,26H,1-4,13-15H2,(H2,25,28,29). The molecule has 1 saturated heterocycles. The van der Waals surface area contributed by atoms with Crippen LogP contribution in [-0.2, 0) is 26.2 Å². The summed E-state index contributed by atoms with van der Waals surface area (Å²) < 4.78 is 89.5. The van der Waals surface area contributed by atoms with Gasteiger partial charge in [-0.05, 0) is 67.9 Å². The van der Waals surface area contributed by atoms with Crippen molar-refractivity contribution in [3.8, 4) is 0 Å². The van der Waals surface area contributed by atoms with E-state index in [0.29, 0.717) is 5.56 Å². The van der Waals surface area contributed by atoms with Crippen LogP contribution in [0.1, 0.15) is 42.9 Å². The predicted octanol–water partition coefficient (Wildman–Crippen LogP) is 3.25. The molecule has 2 aromatic rings. The highest BCUT2D eigenvalue weighted by molar-refractivity contribution is 7.89. The Labute approximate surface area is 191 Å². The molecule has 7 nitrogen and oxygen atoms in total. The Morgan fingerprint density at radius 1 is 0.848 bits per heavy atom. The number of sulfonamides is 2. The fourth-order valence-electron chi connectivity index (χ4n) is 3.84. The molecule has 0 spiro atoms. The Bertz CT molecular complexity index is 1140. The molecule has 3 N–H and O–H groups in total. The number of nitrogens with one attached hydrogen (secondary N) is 1. The first kappa shape index (κ1) is 25.6. The van der Waals surface area contributed by atoms with Gasteiger partial charge in [-0.15, -0.1) is 0 Å². The molecule has 1 atom stereocenters. The average molecular weight is 506 g/mol. The fraction of sp³-hybridized carbons (Fsp3) is 0.429. The zero-order valence-corrected chi connectivity index (χ0v) is 19.4. The smallest absolute Gasteiger partial charge is 0.295 e. The number of hydrogen-bond donors (Lipinski definition) is 2. The molecule has 2 aromatic carbocycles. The molecule has 1 heterocycles. The highest BCUT2D eigenvalue weighted by Crippen LogP contribution is 2.30. The molecule has 182 valence electrons. The Morgan fingerprint density at radius 2 is 1.36 bits per heavy atom. The maximum absolute atomic E-state index is 12.8. The van der Waals surface area contributed by atoms with Crippen molar-refractivity contribution in [1.82, 2.24) is 9.62 Å². The first-order valence-electron chi connectivity index (χ1n) is 10.4. The van der Waals surface area contributed by atoms with E-state index < -0.39 is 31.8 Å². The van der Waals surface area contributed by atoms with Gasteiger partial charge in [0.1, 0.15) is 0 Å². The summed E-state index contributed by atoms with van der Waals surface area (Å²) in [6.45, 7) is 1.45. The zero-order chi connectivity index (χ0) is 24.3. The van der Waals surface area contributed by atoms with Crippen LogP contribution in [0.5, 0.6) is 0 Å². The zero-order valence-electron chi connectivity index (χ0n) is 17.8. The van der Waals surface area contributed by atoms with E-state index in [1.165, 1.54) is 12.1 Å². The molecule has 1 unspecified atom stereocenters. The van der Waals surface area contributed by atoms with Crippen LogP contribution in [0.15, 0.2) is 58.3 Å². The van der Waals surface area contributed by atoms with Gasteiger partial charge in [0.25, 0.3) is 0 Å². The van der Waals surface area contributed by atoms with Gasteiger partial charge in [-0.25, -0.2) is 26.7 Å². The lowest BCUT2D eigenvalue weighted by atomic mass is 10.1. The summed E-state index contributed by atoms with van der Waals surface area (Å²) in [6, 6.07) is 8.87. The van der Waals surface area contributed by atoms with Gasteiger partial charge in [0.15, 0.2) is 0 Å². The number of rotatable bonds is 7. The van der Waals surface area contributed by atoms with Crippen LogP contribution >= 0.6 is 0 Å². The summed E-state index contributed by atoms with van der Waals surface area (Å²) in [6.07, 6.45) is -0.554. The molecule has 1 fully saturated rings. The second-order valence-electron chi connectivity index (χ2n) is 7.95. The van der Waals surface area contributed by atoms with Gasteiger partial charge in [0.2, 0.25) is 20.0 Å². The number of benzene rings is 2. The molecule has 3 rings (SSSR count). The van der Waals surface area contributed by atoms with Crippen LogP contribution < -0.4 is 9.86 Å². The van der Waals surface area contributed by atoms with Crippen LogP contribution in [0, 0.1) is 0 Å². The van der Waals surface area contributed by atoms with Crippen molar-refractivity contribution in [3.63, 3.8) is 0 Å². The molecule has 0 amide bonds. The highest BCUT2D eigenvalue weighted by Gasteiger charge is 2.31. The number of nitrogens with two attached hydrogens (primary N) is 1. The third-order valence-electron chi connectivity index (χ3n) is 5.63. The van der Waals surface area contributed by atoms with Gasteiger partial charge in [-0.3, -0.25) is 4.90 Å². The largest absolute Gasteiger partial charge is 0.416 e. The van der Waals surface area contributed by atoms with Gasteiger partial charge in [0, 0.05) is 12.6 Å². The Morgan fingerprint density at radius 3 is 1.85 bits per heavy atom. The summed E-state index contributed by atoms with van der Waals surface area (Å²) in [7, 11) is -7.93. The maximum atomic E-state index is 12.8. The number of alkyl halides is 3. The van der Waals surface area contributed by atoms with Crippen molar-refractivity contribution in [2.75, 3.05) is 19.6 Å². The SMILES string of the molecule is NS(=O)(=O)c1ccc(C(CNS(=O)(=O)c2ccc(C(F)(F)F)cc2)N2CCCCCC2)cc1. The normalized spacial score (nSPS) is 17.5. The first-order valence-corrected chi connectivity index (χ1v) is 13.4. The molecule has 0 aliphatic carbocycles. The number of primary sulfonamides is 1. The van der Waals surface area contributed by atoms with Crippen molar-refractivity contribution in [3.05, 3.63) is 59.7 Å². The second-order valence-corrected chi connectivity index (χ2v) is 11.3. The van der Waals surface area contributed by atoms with E-state index in [1.807, 2.05) is 0 Å². The quantitative estimate of drug-likeness (QED) is 0.600. The predicted molar refractivity (Wildman–Crippen MR) is 117 cm³/mol. The van der Waals surface area contributed by atoms with Crippen LogP contribution in [0.3, 0.4) is 0 Å². The Hall–Kier alpha value is -1.99. The van der Waals surface area contributed by atoms with Crippen molar-refractivity contribution in [2.24, 2.45) is 5.14 Å². The van der Waals surface area contributed by atoms with Gasteiger partial charge < -0.3 is 0 Å². The van der Waals surface area contributed by atoms with E-state index in [9.17, 15) is 30.0 Å². The van der Waals surface area contributed by atoms with Crippen molar-refractivity contribution in [2.45, 2.75) is 47.7 Å². The van der Waals surface area contributed by atoms with Gasteiger partial charge in [0.05, 0.1) is 15.4 Å². The van der Waals surface area contributed by atoms with Gasteiger partial charge in [-0.2, -0.15) is 13.2 Å². The van der Waals surface area contributed by atoms with Crippen LogP contribution in [-0.4, -0.2) is 41.4 Å². The summed E-state index contributed by atoms with van der Waals surface area (Å²) >= 11 is 0. The molecular formula is C21H26F3N3O4S2. The minimum absolute atomic E-state index is 0.0297. The molecule has 1 aliphatic rings. The van der Waals surface area contributed by atoms with Crippen LogP contribution in [0.4, 0.5) is 13.2 Å². The van der Waals surface area contributed by atoms with Crippen molar-refractivity contribution in [1.29, 1.82) is 0 Å². The summed E-state index contributed by atoms with van der Waals surface area (Å²) in [5.41, 5.74) is -0.224. The Kier molecular flexibility index (Phi) is 7.84. The van der Waals surface area contributed by atoms with Gasteiger partial charge in [-0.1, -0.05) is 25.0 Å². The summed E-state index contributed by atoms with van der Waals surface area (Å²) in [5, 5.41) is 5.16. The van der Waals surface area contributed by atoms with Crippen molar-refractivity contribution >= 4 is 20.0 Å². The van der Waals surface area contributed by atoms with E-state index in [-0.39, 0.29) is 22.4 Å². The van der Waals surface area contributed by atoms with E-state index in [2.05, 4.69) is 9.62 Å². The molecular weight excluding hydrogens is 479 g/mol. The van der Waals surface area contributed by atoms with Crippen molar-refractivity contribution < 1.29 is 30.0 Å². The summed E-state index contributed by atoms with van der Waals surface area (Å²) in [5.74, 6) is 0. The minimum atomic E-state index is -4.56. The molecule has 33 heavy (non-hydrogen) atoms. The van der Waals surface area contributed by atoms with E-state index in [0.717, 1.165) is 63.0 Å². The number of hydrogen-bond acceptors (Lipinski definition) is 5. The lowest BCUT2D eigenvalue weighted by molar-refractivity contribution is -0.137. The molecule has 0 saturated carbocycles. The average Bonchev–Trinajstić information content (AvgIpc) is 3.02. The number of halogens is 3. The fourth-order valence-corrected chi connectivity index (χ4v) is 5.39.